The van der Waals surface area contributed by atoms with Gasteiger partial charge in [-0.15, -0.1) is 0 Å². The van der Waals surface area contributed by atoms with Crippen molar-refractivity contribution < 1.29 is 14.3 Å². The summed E-state index contributed by atoms with van der Waals surface area (Å²) in [4.78, 5) is 17.4. The Kier molecular flexibility index (Phi) is 6.60. The molecular formula is C23H37N5O3. The Hall–Kier alpha value is -2.03. The van der Waals surface area contributed by atoms with Crippen LogP contribution in [0.4, 0.5) is 4.79 Å². The fraction of sp³-hybridized carbons (Fsp3) is 0.696. The van der Waals surface area contributed by atoms with E-state index < -0.39 is 0 Å². The van der Waals surface area contributed by atoms with Crippen molar-refractivity contribution in [3.8, 4) is 11.5 Å². The number of hydrogen-bond donors (Lipinski definition) is 2. The summed E-state index contributed by atoms with van der Waals surface area (Å²) in [5.41, 5.74) is 4.46. The molecule has 2 aliphatic heterocycles. The number of likely N-dealkylation sites (N-methyl/N-ethyl adjacent to an activating group) is 2. The van der Waals surface area contributed by atoms with Crippen molar-refractivity contribution in [3.05, 3.63) is 23.8 Å². The van der Waals surface area contributed by atoms with Gasteiger partial charge in [0, 0.05) is 43.7 Å². The molecule has 2 heterocycles. The van der Waals surface area contributed by atoms with E-state index in [2.05, 4.69) is 46.8 Å². The Morgan fingerprint density at radius 1 is 1.03 bits per heavy atom. The van der Waals surface area contributed by atoms with Crippen LogP contribution in [0.1, 0.15) is 31.2 Å². The molecular weight excluding hydrogens is 394 g/mol. The number of hydrazine groups is 1. The van der Waals surface area contributed by atoms with Crippen LogP contribution in [-0.4, -0.2) is 94.0 Å². The van der Waals surface area contributed by atoms with E-state index in [0.29, 0.717) is 6.04 Å². The number of carbonyl (C=O) groups excluding carboxylic acids is 1. The first-order chi connectivity index (χ1) is 14.9. The number of carbonyl (C=O) groups is 1. The van der Waals surface area contributed by atoms with Crippen LogP contribution in [-0.2, 0) is 5.41 Å². The maximum absolute atomic E-state index is 12.6. The van der Waals surface area contributed by atoms with Gasteiger partial charge in [-0.1, -0.05) is 6.07 Å². The number of urea groups is 1. The smallest absolute Gasteiger partial charge is 0.329 e. The van der Waals surface area contributed by atoms with E-state index in [1.54, 1.807) is 14.2 Å². The van der Waals surface area contributed by atoms with E-state index in [1.807, 2.05) is 11.1 Å². The average molecular weight is 432 g/mol. The summed E-state index contributed by atoms with van der Waals surface area (Å²) in [6, 6.07) is 6.88. The van der Waals surface area contributed by atoms with Crippen LogP contribution in [0.2, 0.25) is 0 Å². The lowest BCUT2D eigenvalue weighted by atomic mass is 9.65. The largest absolute Gasteiger partial charge is 0.493 e. The van der Waals surface area contributed by atoms with Crippen LogP contribution < -0.4 is 20.2 Å². The van der Waals surface area contributed by atoms with Crippen LogP contribution in [0.3, 0.4) is 0 Å². The van der Waals surface area contributed by atoms with Crippen LogP contribution in [0, 0.1) is 0 Å². The molecule has 3 atom stereocenters. The highest BCUT2D eigenvalue weighted by Crippen LogP contribution is 2.49. The average Bonchev–Trinajstić information content (AvgIpc) is 3.12. The third-order valence-electron chi connectivity index (χ3n) is 7.58. The predicted molar refractivity (Wildman–Crippen MR) is 121 cm³/mol. The summed E-state index contributed by atoms with van der Waals surface area (Å²) < 4.78 is 11.0. The zero-order valence-corrected chi connectivity index (χ0v) is 19.3. The zero-order valence-electron chi connectivity index (χ0n) is 19.3. The molecule has 3 fully saturated rings. The number of piperazine rings is 1. The Morgan fingerprint density at radius 2 is 1.77 bits per heavy atom. The second-order valence-electron chi connectivity index (χ2n) is 9.32. The van der Waals surface area contributed by atoms with Crippen molar-refractivity contribution in [2.45, 2.75) is 43.2 Å². The first kappa shape index (κ1) is 22.2. The summed E-state index contributed by atoms with van der Waals surface area (Å²) >= 11 is 0. The van der Waals surface area contributed by atoms with Gasteiger partial charge in [-0.05, 0) is 64.0 Å². The summed E-state index contributed by atoms with van der Waals surface area (Å²) in [6.07, 6.45) is 4.12. The van der Waals surface area contributed by atoms with E-state index in [0.717, 1.165) is 69.9 Å². The molecule has 2 saturated heterocycles. The van der Waals surface area contributed by atoms with Crippen LogP contribution in [0.25, 0.3) is 0 Å². The monoisotopic (exact) mass is 431 g/mol. The van der Waals surface area contributed by atoms with Gasteiger partial charge in [0.15, 0.2) is 11.5 Å². The lowest BCUT2D eigenvalue weighted by Gasteiger charge is -2.45. The van der Waals surface area contributed by atoms with Gasteiger partial charge >= 0.3 is 6.03 Å². The van der Waals surface area contributed by atoms with Gasteiger partial charge in [0.05, 0.1) is 14.2 Å². The summed E-state index contributed by atoms with van der Waals surface area (Å²) in [5.74, 6) is 1.55. The van der Waals surface area contributed by atoms with Crippen LogP contribution in [0.5, 0.6) is 11.5 Å². The van der Waals surface area contributed by atoms with E-state index >= 15 is 0 Å². The molecule has 2 amide bonds. The molecule has 0 unspecified atom stereocenters. The minimum Gasteiger partial charge on any atom is -0.493 e. The third kappa shape index (κ3) is 4.47. The van der Waals surface area contributed by atoms with Gasteiger partial charge in [0.1, 0.15) is 0 Å². The molecule has 0 bridgehead atoms. The van der Waals surface area contributed by atoms with E-state index in [1.165, 1.54) is 5.56 Å². The molecule has 31 heavy (non-hydrogen) atoms. The highest BCUT2D eigenvalue weighted by molar-refractivity contribution is 5.73. The van der Waals surface area contributed by atoms with Crippen molar-refractivity contribution >= 4 is 6.03 Å². The van der Waals surface area contributed by atoms with Gasteiger partial charge in [0.25, 0.3) is 0 Å². The lowest BCUT2D eigenvalue weighted by Crippen LogP contribution is -2.58. The quantitative estimate of drug-likeness (QED) is 0.739. The lowest BCUT2D eigenvalue weighted by molar-refractivity contribution is 0.107. The van der Waals surface area contributed by atoms with Crippen molar-refractivity contribution in [2.24, 2.45) is 0 Å². The number of hydrogen-bond acceptors (Lipinski definition) is 6. The summed E-state index contributed by atoms with van der Waals surface area (Å²) in [6.45, 7) is 4.75. The molecule has 172 valence electrons. The van der Waals surface area contributed by atoms with Crippen molar-refractivity contribution in [3.63, 3.8) is 0 Å². The standard InChI is InChI=1S/C23H37N5O3/c1-26-11-13-28(14-12-26)25-22(29)24-18-7-8-23(9-10-27(2)21(23)16-18)17-5-6-19(30-3)20(15-17)31-4/h5-6,15,18,21H,7-14,16H2,1-4H3,(H2,24,25,29)/t18-,21+,23+/m1/s1. The predicted octanol–water partition coefficient (Wildman–Crippen LogP) is 1.66. The Labute approximate surface area is 185 Å². The topological polar surface area (TPSA) is 69.3 Å². The number of nitrogens with zero attached hydrogens (tertiary/aromatic N) is 3. The van der Waals surface area contributed by atoms with Gasteiger partial charge < -0.3 is 24.6 Å². The van der Waals surface area contributed by atoms with Crippen molar-refractivity contribution in [1.29, 1.82) is 0 Å². The fourth-order valence-electron chi connectivity index (χ4n) is 5.67. The summed E-state index contributed by atoms with van der Waals surface area (Å²) in [7, 11) is 7.69. The second kappa shape index (κ2) is 9.22. The minimum atomic E-state index is -0.0752. The first-order valence-electron chi connectivity index (χ1n) is 11.4. The molecule has 3 aliphatic rings. The molecule has 1 aromatic rings. The number of methoxy groups -OCH3 is 2. The SMILES string of the molecule is COc1ccc([C@@]23CC[C@@H](NC(=O)NN4CCN(C)CC4)C[C@@H]2N(C)CC3)cc1OC. The summed E-state index contributed by atoms with van der Waals surface area (Å²) in [5, 5.41) is 5.26. The molecule has 8 nitrogen and oxygen atoms in total. The molecule has 4 rings (SSSR count). The maximum Gasteiger partial charge on any atom is 0.329 e. The number of amides is 2. The highest BCUT2D eigenvalue weighted by atomic mass is 16.5. The normalized spacial score (nSPS) is 29.9. The van der Waals surface area contributed by atoms with Gasteiger partial charge in [-0.2, -0.15) is 0 Å². The molecule has 2 N–H and O–H groups in total. The molecule has 0 aromatic heterocycles. The second-order valence-corrected chi connectivity index (χ2v) is 9.32. The van der Waals surface area contributed by atoms with E-state index in [4.69, 9.17) is 9.47 Å². The molecule has 1 aliphatic carbocycles. The molecule has 1 aromatic carbocycles. The van der Waals surface area contributed by atoms with Gasteiger partial charge in [-0.3, -0.25) is 5.43 Å². The number of fused-ring (bicyclic) bond motifs is 1. The molecule has 1 saturated carbocycles. The molecule has 8 heteroatoms. The number of rotatable bonds is 5. The zero-order chi connectivity index (χ0) is 22.0. The number of nitrogens with one attached hydrogen (secondary N) is 2. The van der Waals surface area contributed by atoms with Crippen LogP contribution in [0.15, 0.2) is 18.2 Å². The first-order valence-corrected chi connectivity index (χ1v) is 11.4. The van der Waals surface area contributed by atoms with Gasteiger partial charge in [0.2, 0.25) is 0 Å². The van der Waals surface area contributed by atoms with E-state index in [-0.39, 0.29) is 17.5 Å². The highest BCUT2D eigenvalue weighted by Gasteiger charge is 2.50. The van der Waals surface area contributed by atoms with E-state index in [9.17, 15) is 4.79 Å². The molecule has 0 spiro atoms. The Bertz CT molecular complexity index is 782. The maximum atomic E-state index is 12.6. The van der Waals surface area contributed by atoms with Gasteiger partial charge in [-0.25, -0.2) is 9.80 Å². The van der Waals surface area contributed by atoms with Crippen molar-refractivity contribution in [2.75, 3.05) is 61.0 Å². The van der Waals surface area contributed by atoms with Crippen molar-refractivity contribution in [1.82, 2.24) is 25.6 Å². The number of likely N-dealkylation sites (tertiary alicyclic amines) is 1. The Balaban J connectivity index is 1.42. The molecule has 0 radical (unpaired) electrons. The number of benzene rings is 1. The van der Waals surface area contributed by atoms with Crippen LogP contribution >= 0.6 is 0 Å². The minimum absolute atomic E-state index is 0.0752. The Morgan fingerprint density at radius 3 is 2.48 bits per heavy atom. The number of ether oxygens (including phenoxy) is 2. The fourth-order valence-corrected chi connectivity index (χ4v) is 5.67. The third-order valence-corrected chi connectivity index (χ3v) is 7.58.